The Morgan fingerprint density at radius 3 is 1.38 bits per heavy atom. The number of nitrogens with zero attached hydrogens (tertiary/aromatic N) is 3. The van der Waals surface area contributed by atoms with Crippen LogP contribution >= 0.6 is 0 Å². The summed E-state index contributed by atoms with van der Waals surface area (Å²) in [5.41, 5.74) is 27.9. The maximum atomic E-state index is 2.69. The van der Waals surface area contributed by atoms with Crippen LogP contribution in [-0.2, 0) is 17.3 Å². The van der Waals surface area contributed by atoms with Gasteiger partial charge >= 0.3 is 0 Å². The molecule has 0 amide bonds. The lowest BCUT2D eigenvalue weighted by Gasteiger charge is -2.46. The Hall–Kier alpha value is -9.12. The van der Waals surface area contributed by atoms with E-state index in [-0.39, 0.29) is 17.5 Å². The lowest BCUT2D eigenvalue weighted by atomic mass is 9.33. The van der Waals surface area contributed by atoms with E-state index in [1.807, 2.05) is 0 Å². The summed E-state index contributed by atoms with van der Waals surface area (Å²) in [6.45, 7) is 16.4. The molecule has 0 atom stereocenters. The molecule has 0 fully saturated rings. The third-order valence-corrected chi connectivity index (χ3v) is 17.5. The number of rotatable bonds is 10. The van der Waals surface area contributed by atoms with E-state index in [1.54, 1.807) is 0 Å². The van der Waals surface area contributed by atoms with Crippen molar-refractivity contribution in [2.75, 3.05) is 9.80 Å². The van der Waals surface area contributed by atoms with E-state index in [2.05, 4.69) is 312 Å². The van der Waals surface area contributed by atoms with E-state index in [4.69, 9.17) is 0 Å². The number of para-hydroxylation sites is 2. The van der Waals surface area contributed by atoms with Gasteiger partial charge in [0.1, 0.15) is 0 Å². The molecule has 14 rings (SSSR count). The number of fused-ring (bicyclic) bond motifs is 7. The SMILES string of the molecule is CCCCc1cc(-c2ccccc2)ccc1N1c2cc(-n3c4ccccc4c4ccccc43)ccc2B2c3cc(-c4ccccc4)ccc3N(c3c(-c4ccccc4)cc(C(C)(C)C)cc3-c3ccccc3)c3cc(C(C)(C)C)cc1c32. The summed E-state index contributed by atoms with van der Waals surface area (Å²) in [4.78, 5) is 5.39. The van der Waals surface area contributed by atoms with Crippen LogP contribution in [0.1, 0.15) is 78.0 Å². The first-order valence-corrected chi connectivity index (χ1v) is 29.5. The van der Waals surface area contributed by atoms with Crippen LogP contribution in [0, 0.1) is 0 Å². The van der Waals surface area contributed by atoms with Crippen molar-refractivity contribution in [3.05, 3.63) is 265 Å². The predicted molar refractivity (Wildman–Crippen MR) is 353 cm³/mol. The van der Waals surface area contributed by atoms with Gasteiger partial charge in [0.05, 0.1) is 16.7 Å². The Morgan fingerprint density at radius 2 is 0.841 bits per heavy atom. The molecule has 398 valence electrons. The van der Waals surface area contributed by atoms with E-state index in [0.717, 1.165) is 24.9 Å². The molecular formula is C78H68BN3. The molecule has 0 aliphatic carbocycles. The summed E-state index contributed by atoms with van der Waals surface area (Å²) in [7, 11) is 0. The zero-order valence-corrected chi connectivity index (χ0v) is 48.2. The van der Waals surface area contributed by atoms with Gasteiger partial charge in [-0.15, -0.1) is 0 Å². The number of hydrogen-bond acceptors (Lipinski definition) is 2. The first kappa shape index (κ1) is 51.1. The van der Waals surface area contributed by atoms with Crippen molar-refractivity contribution in [2.24, 2.45) is 0 Å². The van der Waals surface area contributed by atoms with E-state index in [0.29, 0.717) is 0 Å². The van der Waals surface area contributed by atoms with Crippen LogP contribution in [0.5, 0.6) is 0 Å². The van der Waals surface area contributed by atoms with Crippen LogP contribution in [0.25, 0.3) is 72.0 Å². The Bertz CT molecular complexity index is 4280. The average molecular weight is 1060 g/mol. The van der Waals surface area contributed by atoms with Crippen molar-refractivity contribution < 1.29 is 0 Å². The molecule has 0 spiro atoms. The molecule has 0 unspecified atom stereocenters. The number of hydrogen-bond donors (Lipinski definition) is 0. The molecular weight excluding hydrogens is 990 g/mol. The van der Waals surface area contributed by atoms with Crippen LogP contribution in [0.2, 0.25) is 0 Å². The van der Waals surface area contributed by atoms with Gasteiger partial charge in [-0.1, -0.05) is 237 Å². The van der Waals surface area contributed by atoms with E-state index in [9.17, 15) is 0 Å². The zero-order chi connectivity index (χ0) is 55.9. The van der Waals surface area contributed by atoms with Crippen LogP contribution in [0.3, 0.4) is 0 Å². The van der Waals surface area contributed by atoms with Gasteiger partial charge in [-0.3, -0.25) is 0 Å². The van der Waals surface area contributed by atoms with Crippen LogP contribution in [-0.4, -0.2) is 11.3 Å². The molecule has 11 aromatic carbocycles. The fourth-order valence-electron chi connectivity index (χ4n) is 13.2. The highest BCUT2D eigenvalue weighted by molar-refractivity contribution is 7.00. The third-order valence-electron chi connectivity index (χ3n) is 17.5. The van der Waals surface area contributed by atoms with Gasteiger partial charge in [0.25, 0.3) is 6.71 Å². The Balaban J connectivity index is 1.14. The molecule has 0 saturated heterocycles. The molecule has 0 bridgehead atoms. The maximum Gasteiger partial charge on any atom is 0.252 e. The molecule has 82 heavy (non-hydrogen) atoms. The van der Waals surface area contributed by atoms with Crippen molar-refractivity contribution in [1.29, 1.82) is 0 Å². The summed E-state index contributed by atoms with van der Waals surface area (Å²) in [6.07, 6.45) is 3.12. The average Bonchev–Trinajstić information content (AvgIpc) is 2.12. The topological polar surface area (TPSA) is 11.4 Å². The van der Waals surface area contributed by atoms with Gasteiger partial charge in [0, 0.05) is 56.0 Å². The van der Waals surface area contributed by atoms with Gasteiger partial charge in [0.15, 0.2) is 0 Å². The van der Waals surface area contributed by atoms with Crippen LogP contribution in [0.4, 0.5) is 34.1 Å². The number of aromatic nitrogens is 1. The predicted octanol–water partition coefficient (Wildman–Crippen LogP) is 19.5. The third kappa shape index (κ3) is 8.66. The lowest BCUT2D eigenvalue weighted by Crippen LogP contribution is -2.61. The zero-order valence-electron chi connectivity index (χ0n) is 48.2. The summed E-state index contributed by atoms with van der Waals surface area (Å²) < 4.78 is 2.49. The summed E-state index contributed by atoms with van der Waals surface area (Å²) in [5, 5.41) is 2.51. The van der Waals surface area contributed by atoms with Gasteiger partial charge in [-0.2, -0.15) is 0 Å². The fraction of sp³-hybridized carbons (Fsp3) is 0.154. The largest absolute Gasteiger partial charge is 0.311 e. The van der Waals surface area contributed by atoms with Crippen molar-refractivity contribution in [1.82, 2.24) is 4.57 Å². The van der Waals surface area contributed by atoms with Crippen molar-refractivity contribution in [3.63, 3.8) is 0 Å². The van der Waals surface area contributed by atoms with Crippen molar-refractivity contribution in [3.8, 4) is 50.2 Å². The molecule has 12 aromatic rings. The minimum Gasteiger partial charge on any atom is -0.311 e. The second kappa shape index (κ2) is 20.2. The summed E-state index contributed by atoms with van der Waals surface area (Å²) in [6, 6.07) is 94.2. The number of anilines is 6. The maximum absolute atomic E-state index is 2.69. The highest BCUT2D eigenvalue weighted by Crippen LogP contribution is 2.53. The van der Waals surface area contributed by atoms with E-state index in [1.165, 1.54) is 134 Å². The smallest absolute Gasteiger partial charge is 0.252 e. The molecule has 0 N–H and O–H groups in total. The second-order valence-corrected chi connectivity index (χ2v) is 24.7. The molecule has 2 aliphatic rings. The number of benzene rings is 11. The first-order valence-electron chi connectivity index (χ1n) is 29.5. The van der Waals surface area contributed by atoms with Crippen LogP contribution < -0.4 is 26.2 Å². The van der Waals surface area contributed by atoms with Crippen molar-refractivity contribution >= 4 is 79.0 Å². The number of unbranched alkanes of at least 4 members (excludes halogenated alkanes) is 1. The minimum absolute atomic E-state index is 0.121. The highest BCUT2D eigenvalue weighted by Gasteiger charge is 2.46. The molecule has 2 aliphatic heterocycles. The van der Waals surface area contributed by atoms with Gasteiger partial charge in [0.2, 0.25) is 0 Å². The Morgan fingerprint density at radius 1 is 0.366 bits per heavy atom. The first-order chi connectivity index (χ1) is 39.9. The monoisotopic (exact) mass is 1060 g/mol. The molecule has 1 aromatic heterocycles. The normalized spacial score (nSPS) is 12.9. The molecule has 0 radical (unpaired) electrons. The standard InChI is InChI=1S/C78H68BN3/c1-8-9-26-58-45-56(52-27-14-10-15-28-52)39-43-68(58)81-72-51-61(80-69-37-24-22-35-62(69)63-36-23-25-38-70(63)80)41-42-66(72)79-67-46-57(53-29-16-11-17-30-53)40-44-71(67)82(74-50-60(78(5,6)7)49-73(81)75(74)79)76-64(54-31-18-12-19-32-54)47-59(77(2,3)4)48-65(76)55-33-20-13-21-34-55/h10-25,27-51H,8-9,26H2,1-7H3. The highest BCUT2D eigenvalue weighted by atomic mass is 15.2. The van der Waals surface area contributed by atoms with Gasteiger partial charge in [-0.25, -0.2) is 0 Å². The summed E-state index contributed by atoms with van der Waals surface area (Å²) in [5.74, 6) is 0. The molecule has 3 nitrogen and oxygen atoms in total. The number of aryl methyl sites for hydroxylation is 1. The van der Waals surface area contributed by atoms with E-state index < -0.39 is 0 Å². The van der Waals surface area contributed by atoms with E-state index >= 15 is 0 Å². The summed E-state index contributed by atoms with van der Waals surface area (Å²) >= 11 is 0. The Labute approximate surface area is 484 Å². The lowest BCUT2D eigenvalue weighted by molar-refractivity contribution is 0.590. The fourth-order valence-corrected chi connectivity index (χ4v) is 13.2. The molecule has 3 heterocycles. The Kier molecular flexibility index (Phi) is 12.5. The minimum atomic E-state index is -0.219. The quantitative estimate of drug-likeness (QED) is 0.126. The van der Waals surface area contributed by atoms with Crippen molar-refractivity contribution in [2.45, 2.75) is 78.6 Å². The molecule has 0 saturated carbocycles. The molecule has 4 heteroatoms. The second-order valence-electron chi connectivity index (χ2n) is 24.7. The van der Waals surface area contributed by atoms with Crippen LogP contribution in [0.15, 0.2) is 249 Å². The van der Waals surface area contributed by atoms with Gasteiger partial charge < -0.3 is 14.4 Å². The van der Waals surface area contributed by atoms with Gasteiger partial charge in [-0.05, 0) is 157 Å².